The molecule has 24 heavy (non-hydrogen) atoms. The van der Waals surface area contributed by atoms with Crippen LogP contribution in [0.25, 0.3) is 0 Å². The highest BCUT2D eigenvalue weighted by Crippen LogP contribution is 2.39. The van der Waals surface area contributed by atoms with Crippen molar-refractivity contribution in [3.8, 4) is 11.5 Å². The van der Waals surface area contributed by atoms with Crippen molar-refractivity contribution < 1.29 is 19.1 Å². The number of urea groups is 1. The third-order valence-electron chi connectivity index (χ3n) is 4.91. The van der Waals surface area contributed by atoms with Gasteiger partial charge in [0.25, 0.3) is 5.91 Å². The van der Waals surface area contributed by atoms with Crippen molar-refractivity contribution in [3.63, 3.8) is 0 Å². The number of nitrogens with one attached hydrogen (secondary N) is 1. The Bertz CT molecular complexity index is 700. The van der Waals surface area contributed by atoms with E-state index >= 15 is 0 Å². The molecule has 1 N–H and O–H groups in total. The minimum atomic E-state index is -0.688. The van der Waals surface area contributed by atoms with Crippen molar-refractivity contribution >= 4 is 23.5 Å². The quantitative estimate of drug-likeness (QED) is 0.833. The molecule has 1 spiro atoms. The van der Waals surface area contributed by atoms with Gasteiger partial charge in [-0.05, 0) is 30.5 Å². The summed E-state index contributed by atoms with van der Waals surface area (Å²) in [7, 11) is 0. The van der Waals surface area contributed by atoms with E-state index in [0.717, 1.165) is 37.7 Å². The largest absolute Gasteiger partial charge is 0.489 e. The Hall–Kier alpha value is -1.95. The van der Waals surface area contributed by atoms with Crippen LogP contribution in [0.15, 0.2) is 12.1 Å². The first-order valence-electron chi connectivity index (χ1n) is 8.31. The van der Waals surface area contributed by atoms with Gasteiger partial charge in [-0.1, -0.05) is 24.4 Å². The highest BCUT2D eigenvalue weighted by molar-refractivity contribution is 6.32. The van der Waals surface area contributed by atoms with Crippen molar-refractivity contribution in [3.05, 3.63) is 22.7 Å². The van der Waals surface area contributed by atoms with Gasteiger partial charge in [0.15, 0.2) is 11.5 Å². The van der Waals surface area contributed by atoms with Gasteiger partial charge >= 0.3 is 6.03 Å². The molecule has 1 saturated carbocycles. The van der Waals surface area contributed by atoms with Crippen LogP contribution in [0.4, 0.5) is 4.79 Å². The van der Waals surface area contributed by atoms with E-state index in [1.54, 1.807) is 12.1 Å². The zero-order valence-corrected chi connectivity index (χ0v) is 14.0. The molecule has 6 nitrogen and oxygen atoms in total. The number of ether oxygens (including phenoxy) is 2. The maximum atomic E-state index is 12.7. The molecule has 128 valence electrons. The van der Waals surface area contributed by atoms with E-state index in [9.17, 15) is 9.59 Å². The van der Waals surface area contributed by atoms with Crippen LogP contribution in [-0.2, 0) is 11.3 Å². The highest BCUT2D eigenvalue weighted by atomic mass is 35.5. The summed E-state index contributed by atoms with van der Waals surface area (Å²) >= 11 is 6.29. The maximum absolute atomic E-state index is 12.7. The van der Waals surface area contributed by atoms with E-state index in [4.69, 9.17) is 21.1 Å². The van der Waals surface area contributed by atoms with Crippen LogP contribution in [0, 0.1) is 0 Å². The number of fused-ring (bicyclic) bond motifs is 1. The molecular weight excluding hydrogens is 332 g/mol. The van der Waals surface area contributed by atoms with Crippen LogP contribution < -0.4 is 14.8 Å². The fourth-order valence-electron chi connectivity index (χ4n) is 3.70. The Balaban J connectivity index is 1.59. The molecule has 7 heteroatoms. The van der Waals surface area contributed by atoms with E-state index < -0.39 is 5.54 Å². The smallest absolute Gasteiger partial charge is 0.325 e. The maximum Gasteiger partial charge on any atom is 0.325 e. The summed E-state index contributed by atoms with van der Waals surface area (Å²) in [6.07, 6.45) is 4.16. The van der Waals surface area contributed by atoms with Crippen LogP contribution >= 0.6 is 11.6 Å². The molecule has 1 saturated heterocycles. The first-order chi connectivity index (χ1) is 11.6. The Kier molecular flexibility index (Phi) is 3.79. The van der Waals surface area contributed by atoms with Crippen LogP contribution in [0.3, 0.4) is 0 Å². The number of imide groups is 1. The molecule has 0 unspecified atom stereocenters. The van der Waals surface area contributed by atoms with Gasteiger partial charge in [0.2, 0.25) is 0 Å². The van der Waals surface area contributed by atoms with Crippen molar-refractivity contribution in [1.82, 2.24) is 10.2 Å². The van der Waals surface area contributed by atoms with Crippen molar-refractivity contribution in [2.24, 2.45) is 0 Å². The topological polar surface area (TPSA) is 67.9 Å². The summed E-state index contributed by atoms with van der Waals surface area (Å²) in [5, 5.41) is 3.32. The van der Waals surface area contributed by atoms with Crippen molar-refractivity contribution in [2.45, 2.75) is 44.2 Å². The van der Waals surface area contributed by atoms with Crippen LogP contribution in [0.5, 0.6) is 11.5 Å². The van der Waals surface area contributed by atoms with Gasteiger partial charge in [-0.15, -0.1) is 0 Å². The van der Waals surface area contributed by atoms with Gasteiger partial charge in [-0.25, -0.2) is 4.79 Å². The highest BCUT2D eigenvalue weighted by Gasteiger charge is 2.52. The zero-order valence-electron chi connectivity index (χ0n) is 13.3. The molecule has 0 atom stereocenters. The lowest BCUT2D eigenvalue weighted by Crippen LogP contribution is -2.44. The molecule has 3 amide bonds. The van der Waals surface area contributed by atoms with E-state index in [0.29, 0.717) is 29.7 Å². The van der Waals surface area contributed by atoms with Gasteiger partial charge in [0.1, 0.15) is 5.54 Å². The fraction of sp³-hybridized carbons (Fsp3) is 0.529. The fourth-order valence-corrected chi connectivity index (χ4v) is 3.98. The van der Waals surface area contributed by atoms with Gasteiger partial charge in [0.05, 0.1) is 24.8 Å². The minimum absolute atomic E-state index is 0.131. The number of hydrogen-bond acceptors (Lipinski definition) is 4. The molecule has 0 bridgehead atoms. The molecule has 1 aliphatic carbocycles. The molecule has 0 aromatic heterocycles. The summed E-state index contributed by atoms with van der Waals surface area (Å²) in [5.41, 5.74) is 0.0643. The Morgan fingerprint density at radius 2 is 1.88 bits per heavy atom. The number of amides is 3. The summed E-state index contributed by atoms with van der Waals surface area (Å²) in [6.45, 7) is 1.30. The number of benzene rings is 1. The zero-order chi connectivity index (χ0) is 16.7. The lowest BCUT2D eigenvalue weighted by atomic mass is 9.98. The molecule has 2 fully saturated rings. The van der Waals surface area contributed by atoms with Crippen molar-refractivity contribution in [1.29, 1.82) is 0 Å². The Morgan fingerprint density at radius 1 is 1.12 bits per heavy atom. The second kappa shape index (κ2) is 5.84. The number of carbonyl (C=O) groups excluding carboxylic acids is 2. The molecule has 4 rings (SSSR count). The number of carbonyl (C=O) groups is 2. The first-order valence-corrected chi connectivity index (χ1v) is 8.69. The van der Waals surface area contributed by atoms with Gasteiger partial charge in [-0.2, -0.15) is 0 Å². The molecule has 0 radical (unpaired) electrons. The predicted octanol–water partition coefficient (Wildman–Crippen LogP) is 2.87. The van der Waals surface area contributed by atoms with E-state index in [1.807, 2.05) is 0 Å². The summed E-state index contributed by atoms with van der Waals surface area (Å²) in [4.78, 5) is 26.3. The molecule has 1 aromatic carbocycles. The lowest BCUT2D eigenvalue weighted by Gasteiger charge is -2.20. The number of hydrogen-bond donors (Lipinski definition) is 1. The first kappa shape index (κ1) is 15.6. The molecule has 2 aliphatic heterocycles. The van der Waals surface area contributed by atoms with Gasteiger partial charge < -0.3 is 14.8 Å². The van der Waals surface area contributed by atoms with E-state index in [-0.39, 0.29) is 18.5 Å². The van der Waals surface area contributed by atoms with E-state index in [1.165, 1.54) is 4.90 Å². The SMILES string of the molecule is O=C1NC2(CCCC2)C(=O)N1Cc1cc(Cl)c2c(c1)OCCCO2. The third kappa shape index (κ3) is 2.49. The number of rotatable bonds is 2. The van der Waals surface area contributed by atoms with Crippen LogP contribution in [0.2, 0.25) is 5.02 Å². The molecule has 3 aliphatic rings. The predicted molar refractivity (Wildman–Crippen MR) is 87.3 cm³/mol. The summed E-state index contributed by atoms with van der Waals surface area (Å²) in [6, 6.07) is 3.20. The third-order valence-corrected chi connectivity index (χ3v) is 5.19. The van der Waals surface area contributed by atoms with Gasteiger partial charge in [0, 0.05) is 6.42 Å². The summed E-state index contributed by atoms with van der Waals surface area (Å²) in [5.74, 6) is 0.966. The molecular formula is C17H19ClN2O4. The number of nitrogens with zero attached hydrogens (tertiary/aromatic N) is 1. The molecule has 2 heterocycles. The second-order valence-corrected chi connectivity index (χ2v) is 6.97. The standard InChI is InChI=1S/C17H19ClN2O4/c18-12-8-11(9-13-14(12)24-7-3-6-23-13)10-20-15(21)17(19-16(20)22)4-1-2-5-17/h8-9H,1-7,10H2,(H,19,22). The van der Waals surface area contributed by atoms with Crippen LogP contribution in [-0.4, -0.2) is 35.6 Å². The molecule has 1 aromatic rings. The Labute approximate surface area is 145 Å². The second-order valence-electron chi connectivity index (χ2n) is 6.57. The van der Waals surface area contributed by atoms with E-state index in [2.05, 4.69) is 5.32 Å². The monoisotopic (exact) mass is 350 g/mol. The Morgan fingerprint density at radius 3 is 2.67 bits per heavy atom. The summed E-state index contributed by atoms with van der Waals surface area (Å²) < 4.78 is 11.3. The lowest BCUT2D eigenvalue weighted by molar-refractivity contribution is -0.131. The average Bonchev–Trinajstić information content (AvgIpc) is 3.00. The normalized spacial score (nSPS) is 22.0. The minimum Gasteiger partial charge on any atom is -0.489 e. The van der Waals surface area contributed by atoms with Gasteiger partial charge in [-0.3, -0.25) is 9.69 Å². The average molecular weight is 351 g/mol. The van der Waals surface area contributed by atoms with Crippen LogP contribution in [0.1, 0.15) is 37.7 Å². The number of halogens is 1. The van der Waals surface area contributed by atoms with Crippen molar-refractivity contribution in [2.75, 3.05) is 13.2 Å².